The fourth-order valence-electron chi connectivity index (χ4n) is 3.85. The molecule has 4 rings (SSSR count). The van der Waals surface area contributed by atoms with Gasteiger partial charge in [0.05, 0.1) is 11.6 Å². The number of carbonyl (C=O) groups excluding carboxylic acids is 2. The van der Waals surface area contributed by atoms with Crippen LogP contribution in [0.25, 0.3) is 5.52 Å². The van der Waals surface area contributed by atoms with Crippen molar-refractivity contribution in [3.05, 3.63) is 70.8 Å². The first kappa shape index (κ1) is 20.2. The third-order valence-corrected chi connectivity index (χ3v) is 5.59. The maximum atomic E-state index is 12.9. The highest BCUT2D eigenvalue weighted by Crippen LogP contribution is 2.33. The van der Waals surface area contributed by atoms with Crippen LogP contribution in [0, 0.1) is 0 Å². The third-order valence-electron chi connectivity index (χ3n) is 5.34. The molecule has 3 heterocycles. The van der Waals surface area contributed by atoms with Crippen molar-refractivity contribution in [3.63, 3.8) is 0 Å². The molecule has 3 aromatic rings. The summed E-state index contributed by atoms with van der Waals surface area (Å²) in [5.74, 6) is 0.471. The largest absolute Gasteiger partial charge is 0.347 e. The lowest BCUT2D eigenvalue weighted by Gasteiger charge is -2.27. The van der Waals surface area contributed by atoms with Gasteiger partial charge < -0.3 is 19.5 Å². The summed E-state index contributed by atoms with van der Waals surface area (Å²) in [6, 6.07) is 12.8. The molecule has 3 amide bonds. The molecule has 1 saturated heterocycles. The number of hydrogen-bond donors (Lipinski definition) is 1. The molecule has 1 unspecified atom stereocenters. The van der Waals surface area contributed by atoms with Gasteiger partial charge in [0.1, 0.15) is 5.82 Å². The smallest absolute Gasteiger partial charge is 0.320 e. The van der Waals surface area contributed by atoms with Gasteiger partial charge in [0, 0.05) is 38.4 Å². The predicted octanol–water partition coefficient (Wildman–Crippen LogP) is 3.74. The molecule has 0 saturated carbocycles. The Labute approximate surface area is 180 Å². The van der Waals surface area contributed by atoms with Crippen LogP contribution in [0.1, 0.15) is 40.8 Å². The number of benzene rings is 1. The van der Waals surface area contributed by atoms with Gasteiger partial charge in [-0.15, -0.1) is 0 Å². The number of amides is 3. The molecule has 156 valence electrons. The predicted molar refractivity (Wildman–Crippen MR) is 116 cm³/mol. The first-order chi connectivity index (χ1) is 14.5. The summed E-state index contributed by atoms with van der Waals surface area (Å²) < 4.78 is 1.92. The molecule has 1 N–H and O–H groups in total. The molecular weight excluding hydrogens is 402 g/mol. The van der Waals surface area contributed by atoms with Gasteiger partial charge in [0.2, 0.25) is 0 Å². The van der Waals surface area contributed by atoms with Crippen molar-refractivity contribution in [2.45, 2.75) is 25.4 Å². The number of rotatable bonds is 4. The minimum atomic E-state index is -0.247. The minimum absolute atomic E-state index is 0.0427. The number of imidazole rings is 1. The molecule has 0 radical (unpaired) electrons. The zero-order valence-electron chi connectivity index (χ0n) is 17.0. The van der Waals surface area contributed by atoms with Crippen LogP contribution in [-0.4, -0.2) is 51.8 Å². The van der Waals surface area contributed by atoms with Crippen molar-refractivity contribution in [2.75, 3.05) is 20.6 Å². The molecule has 8 heteroatoms. The zero-order chi connectivity index (χ0) is 21.3. The van der Waals surface area contributed by atoms with Gasteiger partial charge in [0.25, 0.3) is 5.91 Å². The lowest BCUT2D eigenvalue weighted by molar-refractivity contribution is 0.0948. The topological polar surface area (TPSA) is 70.0 Å². The molecule has 0 bridgehead atoms. The number of halogens is 1. The molecular formula is C22H24ClN5O2. The minimum Gasteiger partial charge on any atom is -0.347 e. The van der Waals surface area contributed by atoms with Gasteiger partial charge in [-0.1, -0.05) is 29.8 Å². The van der Waals surface area contributed by atoms with Gasteiger partial charge in [-0.05, 0) is 42.7 Å². The summed E-state index contributed by atoms with van der Waals surface area (Å²) in [4.78, 5) is 33.7. The standard InChI is InChI=1S/C22H24ClN5O2/c1-26(2)22(30)28-13-5-7-18(28)20-25-19(17-6-3-4-12-27(17)20)21(29)24-14-15-8-10-16(23)11-9-15/h3-4,6,8-12,18H,5,7,13-14H2,1-2H3,(H,24,29). The number of urea groups is 1. The summed E-state index contributed by atoms with van der Waals surface area (Å²) in [5, 5.41) is 3.59. The van der Waals surface area contributed by atoms with E-state index in [1.54, 1.807) is 31.1 Å². The average molecular weight is 426 g/mol. The van der Waals surface area contributed by atoms with Crippen LogP contribution in [0.15, 0.2) is 48.7 Å². The third kappa shape index (κ3) is 3.85. The SMILES string of the molecule is CN(C)C(=O)N1CCCC1c1nc(C(=O)NCc2ccc(Cl)cc2)c2ccccn12. The van der Waals surface area contributed by atoms with E-state index in [4.69, 9.17) is 16.6 Å². The highest BCUT2D eigenvalue weighted by molar-refractivity contribution is 6.30. The number of pyridine rings is 1. The molecule has 7 nitrogen and oxygen atoms in total. The number of aromatic nitrogens is 2. The van der Waals surface area contributed by atoms with Crippen LogP contribution in [0.5, 0.6) is 0 Å². The molecule has 0 aliphatic carbocycles. The van der Waals surface area contributed by atoms with E-state index < -0.39 is 0 Å². The van der Waals surface area contributed by atoms with Crippen LogP contribution in [0.2, 0.25) is 5.02 Å². The van der Waals surface area contributed by atoms with E-state index in [1.807, 2.05) is 45.8 Å². The average Bonchev–Trinajstić information content (AvgIpc) is 3.37. The number of carbonyl (C=O) groups is 2. The van der Waals surface area contributed by atoms with E-state index in [-0.39, 0.29) is 18.0 Å². The quantitative estimate of drug-likeness (QED) is 0.692. The number of likely N-dealkylation sites (tertiary alicyclic amines) is 1. The van der Waals surface area contributed by atoms with Crippen molar-refractivity contribution < 1.29 is 9.59 Å². The Morgan fingerprint density at radius 3 is 2.70 bits per heavy atom. The van der Waals surface area contributed by atoms with Crippen molar-refractivity contribution >= 4 is 29.1 Å². The molecule has 0 spiro atoms. The van der Waals surface area contributed by atoms with Crippen molar-refractivity contribution in [3.8, 4) is 0 Å². The fourth-order valence-corrected chi connectivity index (χ4v) is 3.98. The summed E-state index contributed by atoms with van der Waals surface area (Å²) in [7, 11) is 3.49. The molecule has 1 aromatic carbocycles. The Bertz CT molecular complexity index is 1080. The van der Waals surface area contributed by atoms with Gasteiger partial charge in [-0.2, -0.15) is 0 Å². The first-order valence-corrected chi connectivity index (χ1v) is 10.3. The lowest BCUT2D eigenvalue weighted by atomic mass is 10.2. The Balaban J connectivity index is 1.63. The van der Waals surface area contributed by atoms with Crippen molar-refractivity contribution in [1.82, 2.24) is 24.5 Å². The molecule has 1 atom stereocenters. The van der Waals surface area contributed by atoms with E-state index >= 15 is 0 Å². The fraction of sp³-hybridized carbons (Fsp3) is 0.318. The highest BCUT2D eigenvalue weighted by atomic mass is 35.5. The molecule has 1 fully saturated rings. The Morgan fingerprint density at radius 1 is 1.20 bits per heavy atom. The summed E-state index contributed by atoms with van der Waals surface area (Å²) >= 11 is 5.92. The molecule has 2 aromatic heterocycles. The molecule has 1 aliphatic heterocycles. The zero-order valence-corrected chi connectivity index (χ0v) is 17.8. The van der Waals surface area contributed by atoms with Crippen LogP contribution in [0.3, 0.4) is 0 Å². The Kier molecular flexibility index (Phi) is 5.63. The maximum Gasteiger partial charge on any atom is 0.320 e. The second kappa shape index (κ2) is 8.36. The van der Waals surface area contributed by atoms with Crippen LogP contribution < -0.4 is 5.32 Å². The number of nitrogens with one attached hydrogen (secondary N) is 1. The van der Waals surface area contributed by atoms with E-state index in [1.165, 1.54) is 0 Å². The monoisotopic (exact) mass is 425 g/mol. The van der Waals surface area contributed by atoms with Crippen LogP contribution in [0.4, 0.5) is 4.79 Å². The summed E-state index contributed by atoms with van der Waals surface area (Å²) in [6.07, 6.45) is 3.62. The second-order valence-electron chi connectivity index (χ2n) is 7.61. The van der Waals surface area contributed by atoms with Crippen molar-refractivity contribution in [1.29, 1.82) is 0 Å². The van der Waals surface area contributed by atoms with Gasteiger partial charge in [-0.3, -0.25) is 4.79 Å². The number of fused-ring (bicyclic) bond motifs is 1. The van der Waals surface area contributed by atoms with E-state index in [9.17, 15) is 9.59 Å². The highest BCUT2D eigenvalue weighted by Gasteiger charge is 2.34. The van der Waals surface area contributed by atoms with E-state index in [0.29, 0.717) is 23.8 Å². The van der Waals surface area contributed by atoms with Crippen LogP contribution >= 0.6 is 11.6 Å². The normalized spacial score (nSPS) is 16.1. The van der Waals surface area contributed by atoms with E-state index in [0.717, 1.165) is 29.7 Å². The van der Waals surface area contributed by atoms with E-state index in [2.05, 4.69) is 5.32 Å². The summed E-state index contributed by atoms with van der Waals surface area (Å²) in [6.45, 7) is 1.06. The first-order valence-electron chi connectivity index (χ1n) is 9.93. The van der Waals surface area contributed by atoms with Crippen LogP contribution in [-0.2, 0) is 6.54 Å². The summed E-state index contributed by atoms with van der Waals surface area (Å²) in [5.41, 5.74) is 2.05. The maximum absolute atomic E-state index is 12.9. The second-order valence-corrected chi connectivity index (χ2v) is 8.05. The van der Waals surface area contributed by atoms with Crippen molar-refractivity contribution in [2.24, 2.45) is 0 Å². The Morgan fingerprint density at radius 2 is 1.97 bits per heavy atom. The lowest BCUT2D eigenvalue weighted by Crippen LogP contribution is -2.39. The number of nitrogens with zero attached hydrogens (tertiary/aromatic N) is 4. The van der Waals surface area contributed by atoms with Gasteiger partial charge >= 0.3 is 6.03 Å². The molecule has 30 heavy (non-hydrogen) atoms. The Hall–Kier alpha value is -3.06. The van der Waals surface area contributed by atoms with Gasteiger partial charge in [-0.25, -0.2) is 9.78 Å². The number of hydrogen-bond acceptors (Lipinski definition) is 3. The molecule has 1 aliphatic rings. The van der Waals surface area contributed by atoms with Gasteiger partial charge in [0.15, 0.2) is 5.69 Å².